The number of aromatic nitrogens is 2. The molecule has 1 saturated heterocycles. The third-order valence-corrected chi connectivity index (χ3v) is 4.83. The van der Waals surface area contributed by atoms with Gasteiger partial charge in [-0.25, -0.2) is 9.97 Å². The molecule has 0 bridgehead atoms. The van der Waals surface area contributed by atoms with Crippen LogP contribution in [0.15, 0.2) is 24.3 Å². The third-order valence-electron chi connectivity index (χ3n) is 4.83. The Balaban J connectivity index is 1.76. The molecule has 1 N–H and O–H groups in total. The summed E-state index contributed by atoms with van der Waals surface area (Å²) in [5, 5.41) is 12.7. The minimum Gasteiger partial charge on any atom is -0.468 e. The van der Waals surface area contributed by atoms with Crippen molar-refractivity contribution in [2.45, 2.75) is 31.6 Å². The van der Waals surface area contributed by atoms with Gasteiger partial charge in [-0.2, -0.15) is 5.26 Å². The minimum atomic E-state index is -1.10. The van der Waals surface area contributed by atoms with Crippen LogP contribution in [0.1, 0.15) is 37.3 Å². The molecule has 1 aromatic carbocycles. The van der Waals surface area contributed by atoms with Crippen LogP contribution in [0, 0.1) is 11.3 Å². The fraction of sp³-hybridized carbons (Fsp3) is 0.500. The average Bonchev–Trinajstić information content (AvgIpc) is 2.72. The molecule has 2 heterocycles. The van der Waals surface area contributed by atoms with Gasteiger partial charge < -0.3 is 15.0 Å². The van der Waals surface area contributed by atoms with Crippen LogP contribution < -0.4 is 5.32 Å². The number of benzene rings is 1. The van der Waals surface area contributed by atoms with Gasteiger partial charge in [-0.15, -0.1) is 0 Å². The molecule has 0 radical (unpaired) electrons. The Morgan fingerprint density at radius 2 is 1.96 bits per heavy atom. The minimum absolute atomic E-state index is 0.320. The Morgan fingerprint density at radius 3 is 2.63 bits per heavy atom. The summed E-state index contributed by atoms with van der Waals surface area (Å²) in [6.07, 6.45) is 4.84. The predicted molar refractivity (Wildman–Crippen MR) is 103 cm³/mol. The molecule has 0 spiro atoms. The topological polar surface area (TPSA) is 91.1 Å². The van der Waals surface area contributed by atoms with Crippen LogP contribution in [0.2, 0.25) is 0 Å². The van der Waals surface area contributed by atoms with Crippen LogP contribution >= 0.6 is 0 Å². The highest BCUT2D eigenvalue weighted by Crippen LogP contribution is 2.25. The molecule has 2 aromatic rings. The van der Waals surface area contributed by atoms with Gasteiger partial charge in [-0.3, -0.25) is 4.79 Å². The third kappa shape index (κ3) is 4.72. The van der Waals surface area contributed by atoms with Crippen molar-refractivity contribution in [3.05, 3.63) is 30.0 Å². The van der Waals surface area contributed by atoms with Crippen molar-refractivity contribution in [2.24, 2.45) is 0 Å². The summed E-state index contributed by atoms with van der Waals surface area (Å²) in [7, 11) is 1.27. The molecular formula is C20H25N5O2. The van der Waals surface area contributed by atoms with Crippen LogP contribution in [0.4, 0.5) is 5.82 Å². The quantitative estimate of drug-likeness (QED) is 0.594. The van der Waals surface area contributed by atoms with E-state index in [0.29, 0.717) is 23.6 Å². The van der Waals surface area contributed by atoms with Crippen molar-refractivity contribution >= 4 is 22.8 Å². The summed E-state index contributed by atoms with van der Waals surface area (Å²) >= 11 is 0. The first-order chi connectivity index (χ1) is 13.2. The number of rotatable bonds is 7. The van der Waals surface area contributed by atoms with Gasteiger partial charge in [-0.1, -0.05) is 18.6 Å². The first-order valence-electron chi connectivity index (χ1n) is 9.43. The molecule has 0 aliphatic carbocycles. The molecule has 27 heavy (non-hydrogen) atoms. The van der Waals surface area contributed by atoms with Gasteiger partial charge in [0.2, 0.25) is 0 Å². The number of nitrogens with one attached hydrogen (secondary N) is 1. The zero-order valence-corrected chi connectivity index (χ0v) is 15.6. The van der Waals surface area contributed by atoms with Gasteiger partial charge in [0, 0.05) is 6.54 Å². The Kier molecular flexibility index (Phi) is 6.55. The van der Waals surface area contributed by atoms with Gasteiger partial charge >= 0.3 is 5.97 Å². The Bertz CT molecular complexity index is 827. The Morgan fingerprint density at radius 1 is 1.26 bits per heavy atom. The molecule has 1 atom stereocenters. The second kappa shape index (κ2) is 9.28. The number of hydrogen-bond donors (Lipinski definition) is 1. The Labute approximate surface area is 159 Å². The lowest BCUT2D eigenvalue weighted by molar-refractivity contribution is -0.141. The maximum atomic E-state index is 12.0. The van der Waals surface area contributed by atoms with Crippen LogP contribution in [0.5, 0.6) is 0 Å². The number of anilines is 1. The second-order valence-corrected chi connectivity index (χ2v) is 6.71. The highest BCUT2D eigenvalue weighted by Gasteiger charge is 2.27. The molecular weight excluding hydrogens is 342 g/mol. The van der Waals surface area contributed by atoms with E-state index in [4.69, 9.17) is 4.74 Å². The van der Waals surface area contributed by atoms with E-state index in [0.717, 1.165) is 18.5 Å². The van der Waals surface area contributed by atoms with Gasteiger partial charge in [0.25, 0.3) is 0 Å². The number of likely N-dealkylation sites (tertiary alicyclic amines) is 1. The van der Waals surface area contributed by atoms with E-state index in [1.165, 1.54) is 39.5 Å². The van der Waals surface area contributed by atoms with Crippen LogP contribution in [-0.4, -0.2) is 54.1 Å². The Hall–Kier alpha value is -2.72. The second-order valence-electron chi connectivity index (χ2n) is 6.71. The number of fused-ring (bicyclic) bond motifs is 1. The van der Waals surface area contributed by atoms with Crippen LogP contribution in [-0.2, 0) is 9.53 Å². The van der Waals surface area contributed by atoms with Gasteiger partial charge in [0.1, 0.15) is 5.69 Å². The molecule has 1 unspecified atom stereocenters. The number of nitriles is 1. The van der Waals surface area contributed by atoms with Crippen LogP contribution in [0.3, 0.4) is 0 Å². The van der Waals surface area contributed by atoms with E-state index >= 15 is 0 Å². The van der Waals surface area contributed by atoms with Crippen molar-refractivity contribution in [1.29, 1.82) is 5.26 Å². The number of esters is 1. The number of carbonyl (C=O) groups excluding carboxylic acids is 1. The maximum Gasteiger partial charge on any atom is 0.329 e. The fourth-order valence-corrected chi connectivity index (χ4v) is 3.38. The van der Waals surface area contributed by atoms with Crippen LogP contribution in [0.25, 0.3) is 11.0 Å². The molecule has 1 fully saturated rings. The predicted octanol–water partition coefficient (Wildman–Crippen LogP) is 2.70. The number of ether oxygens (including phenoxy) is 1. The number of piperidine rings is 1. The SMILES string of the molecule is COC(=O)C(C#N)c1nc2ccccc2nc1NCCCN1CCCCC1. The van der Waals surface area contributed by atoms with E-state index in [-0.39, 0.29) is 0 Å². The van der Waals surface area contributed by atoms with E-state index in [1.54, 1.807) is 0 Å². The zero-order chi connectivity index (χ0) is 19.1. The van der Waals surface area contributed by atoms with Crippen molar-refractivity contribution in [3.63, 3.8) is 0 Å². The summed E-state index contributed by atoms with van der Waals surface area (Å²) in [4.78, 5) is 23.6. The normalized spacial score (nSPS) is 15.9. The van der Waals surface area contributed by atoms with Crippen molar-refractivity contribution < 1.29 is 9.53 Å². The molecule has 7 heteroatoms. The van der Waals surface area contributed by atoms with Crippen molar-refractivity contribution in [2.75, 3.05) is 38.6 Å². The number of para-hydroxylation sites is 2. The molecule has 3 rings (SSSR count). The highest BCUT2D eigenvalue weighted by molar-refractivity contribution is 5.84. The maximum absolute atomic E-state index is 12.0. The average molecular weight is 367 g/mol. The molecule has 1 aliphatic heterocycles. The summed E-state index contributed by atoms with van der Waals surface area (Å²) in [6, 6.07) is 9.41. The lowest BCUT2D eigenvalue weighted by Gasteiger charge is -2.26. The van der Waals surface area contributed by atoms with E-state index < -0.39 is 11.9 Å². The van der Waals surface area contributed by atoms with E-state index in [2.05, 4.69) is 20.2 Å². The van der Waals surface area contributed by atoms with Gasteiger partial charge in [-0.05, 0) is 51.0 Å². The molecule has 7 nitrogen and oxygen atoms in total. The molecule has 1 aliphatic rings. The number of carbonyl (C=O) groups is 1. The molecule has 0 amide bonds. The fourth-order valence-electron chi connectivity index (χ4n) is 3.38. The summed E-state index contributed by atoms with van der Waals surface area (Å²) < 4.78 is 4.77. The first kappa shape index (κ1) is 19.1. The monoisotopic (exact) mass is 367 g/mol. The molecule has 0 saturated carbocycles. The largest absolute Gasteiger partial charge is 0.468 e. The summed E-state index contributed by atoms with van der Waals surface area (Å²) in [5.74, 6) is -1.25. The molecule has 142 valence electrons. The first-order valence-corrected chi connectivity index (χ1v) is 9.43. The molecule has 1 aromatic heterocycles. The summed E-state index contributed by atoms with van der Waals surface area (Å²) in [5.41, 5.74) is 1.69. The lowest BCUT2D eigenvalue weighted by atomic mass is 10.1. The number of nitrogens with zero attached hydrogens (tertiary/aromatic N) is 4. The smallest absolute Gasteiger partial charge is 0.329 e. The highest BCUT2D eigenvalue weighted by atomic mass is 16.5. The van der Waals surface area contributed by atoms with Gasteiger partial charge in [0.05, 0.1) is 24.2 Å². The van der Waals surface area contributed by atoms with E-state index in [1.807, 2.05) is 30.3 Å². The number of hydrogen-bond acceptors (Lipinski definition) is 7. The van der Waals surface area contributed by atoms with Crippen molar-refractivity contribution in [3.8, 4) is 6.07 Å². The van der Waals surface area contributed by atoms with Crippen molar-refractivity contribution in [1.82, 2.24) is 14.9 Å². The standard InChI is InChI=1S/C20H25N5O2/c1-27-20(26)15(14-21)18-19(24-17-9-4-3-8-16(17)23-18)22-10-7-13-25-11-5-2-6-12-25/h3-4,8-9,15H,2,5-7,10-13H2,1H3,(H,22,24). The lowest BCUT2D eigenvalue weighted by Crippen LogP contribution is -2.31. The number of methoxy groups -OCH3 is 1. The van der Waals surface area contributed by atoms with Gasteiger partial charge in [0.15, 0.2) is 11.7 Å². The zero-order valence-electron chi connectivity index (χ0n) is 15.6. The summed E-state index contributed by atoms with van der Waals surface area (Å²) in [6.45, 7) is 4.07. The van der Waals surface area contributed by atoms with E-state index in [9.17, 15) is 10.1 Å².